The number of carbonyl (C=O) groups is 3. The predicted octanol–water partition coefficient (Wildman–Crippen LogP) is 3.13. The molecular formula is C25H26N2O7. The number of hydrogen-bond acceptors (Lipinski definition) is 7. The Morgan fingerprint density at radius 2 is 1.74 bits per heavy atom. The van der Waals surface area contributed by atoms with Crippen molar-refractivity contribution in [3.63, 3.8) is 0 Å². The van der Waals surface area contributed by atoms with Crippen LogP contribution in [0.15, 0.2) is 65.9 Å². The molecule has 2 aromatic carbocycles. The van der Waals surface area contributed by atoms with Gasteiger partial charge >= 0.3 is 18.0 Å². The minimum atomic E-state index is -0.795. The summed E-state index contributed by atoms with van der Waals surface area (Å²) in [6, 6.07) is 12.7. The van der Waals surface area contributed by atoms with E-state index in [-0.39, 0.29) is 24.5 Å². The number of urea groups is 1. The molecule has 0 fully saturated rings. The van der Waals surface area contributed by atoms with E-state index in [1.54, 1.807) is 56.5 Å². The van der Waals surface area contributed by atoms with E-state index in [0.29, 0.717) is 22.6 Å². The van der Waals surface area contributed by atoms with Crippen LogP contribution in [-0.4, -0.2) is 45.4 Å². The van der Waals surface area contributed by atoms with Crippen LogP contribution in [0.1, 0.15) is 24.1 Å². The van der Waals surface area contributed by atoms with Crippen LogP contribution in [0.3, 0.4) is 0 Å². The highest BCUT2D eigenvalue weighted by Gasteiger charge is 2.34. The quantitative estimate of drug-likeness (QED) is 0.431. The summed E-state index contributed by atoms with van der Waals surface area (Å²) in [5, 5.41) is 5.28. The Hall–Kier alpha value is -4.27. The molecule has 3 rings (SSSR count). The van der Waals surface area contributed by atoms with Crippen LogP contribution in [0.2, 0.25) is 0 Å². The summed E-state index contributed by atoms with van der Waals surface area (Å²) in [6.07, 6.45) is 2.80. The summed E-state index contributed by atoms with van der Waals surface area (Å²) in [4.78, 5) is 37.4. The van der Waals surface area contributed by atoms with Crippen molar-refractivity contribution in [1.82, 2.24) is 10.6 Å². The number of methoxy groups -OCH3 is 2. The number of para-hydroxylation sites is 1. The van der Waals surface area contributed by atoms with Crippen LogP contribution in [0.5, 0.6) is 11.5 Å². The van der Waals surface area contributed by atoms with E-state index in [9.17, 15) is 14.4 Å². The van der Waals surface area contributed by atoms with Gasteiger partial charge in [0, 0.05) is 11.6 Å². The van der Waals surface area contributed by atoms with Crippen LogP contribution in [0, 0.1) is 0 Å². The zero-order valence-electron chi connectivity index (χ0n) is 19.1. The van der Waals surface area contributed by atoms with Gasteiger partial charge in [-0.1, -0.05) is 30.3 Å². The highest BCUT2D eigenvalue weighted by molar-refractivity contribution is 5.95. The Morgan fingerprint density at radius 1 is 1.00 bits per heavy atom. The number of hydrogen-bond donors (Lipinski definition) is 2. The lowest BCUT2D eigenvalue weighted by molar-refractivity contribution is -0.140. The number of carbonyl (C=O) groups excluding carboxylic acids is 3. The molecular weight excluding hydrogens is 440 g/mol. The fourth-order valence-electron chi connectivity index (χ4n) is 3.38. The fourth-order valence-corrected chi connectivity index (χ4v) is 3.38. The zero-order valence-corrected chi connectivity index (χ0v) is 19.1. The van der Waals surface area contributed by atoms with Crippen molar-refractivity contribution < 1.29 is 33.3 Å². The third-order valence-corrected chi connectivity index (χ3v) is 4.99. The van der Waals surface area contributed by atoms with Crippen molar-refractivity contribution in [2.24, 2.45) is 0 Å². The lowest BCUT2D eigenvalue weighted by Crippen LogP contribution is -2.47. The Labute approximate surface area is 197 Å². The SMILES string of the molecule is CCOC(=O)C1=C(COC(=O)/C=C/c2ccccc2OC)NC(=O)NC1c1ccc(OC)cc1. The van der Waals surface area contributed by atoms with Gasteiger partial charge in [0.25, 0.3) is 0 Å². The van der Waals surface area contributed by atoms with Gasteiger partial charge in [0.1, 0.15) is 18.1 Å². The molecule has 9 heteroatoms. The van der Waals surface area contributed by atoms with E-state index in [4.69, 9.17) is 18.9 Å². The largest absolute Gasteiger partial charge is 0.497 e. The van der Waals surface area contributed by atoms with Crippen LogP contribution >= 0.6 is 0 Å². The van der Waals surface area contributed by atoms with Gasteiger partial charge in [0.05, 0.1) is 38.1 Å². The molecule has 0 aromatic heterocycles. The van der Waals surface area contributed by atoms with Crippen LogP contribution in [-0.2, 0) is 19.1 Å². The number of benzene rings is 2. The number of amides is 2. The van der Waals surface area contributed by atoms with Crippen molar-refractivity contribution in [2.45, 2.75) is 13.0 Å². The van der Waals surface area contributed by atoms with Gasteiger partial charge < -0.3 is 29.6 Å². The molecule has 0 saturated heterocycles. The van der Waals surface area contributed by atoms with Crippen molar-refractivity contribution in [1.29, 1.82) is 0 Å². The summed E-state index contributed by atoms with van der Waals surface area (Å²) >= 11 is 0. The first-order chi connectivity index (χ1) is 16.5. The first kappa shape index (κ1) is 24.4. The summed E-state index contributed by atoms with van der Waals surface area (Å²) in [5.41, 5.74) is 1.62. The molecule has 0 spiro atoms. The van der Waals surface area contributed by atoms with Crippen molar-refractivity contribution in [2.75, 3.05) is 27.4 Å². The van der Waals surface area contributed by atoms with Gasteiger partial charge in [-0.15, -0.1) is 0 Å². The van der Waals surface area contributed by atoms with E-state index >= 15 is 0 Å². The van der Waals surface area contributed by atoms with Gasteiger partial charge in [0.15, 0.2) is 0 Å². The molecule has 9 nitrogen and oxygen atoms in total. The molecule has 178 valence electrons. The van der Waals surface area contributed by atoms with E-state index < -0.39 is 24.0 Å². The fraction of sp³-hybridized carbons (Fsp3) is 0.240. The first-order valence-electron chi connectivity index (χ1n) is 10.6. The van der Waals surface area contributed by atoms with Crippen LogP contribution < -0.4 is 20.1 Å². The molecule has 34 heavy (non-hydrogen) atoms. The Bertz CT molecular complexity index is 1110. The topological polar surface area (TPSA) is 112 Å². The maximum Gasteiger partial charge on any atom is 0.338 e. The van der Waals surface area contributed by atoms with Crippen LogP contribution in [0.25, 0.3) is 6.08 Å². The third-order valence-electron chi connectivity index (χ3n) is 4.99. The predicted molar refractivity (Wildman–Crippen MR) is 124 cm³/mol. The second-order valence-electron chi connectivity index (χ2n) is 7.10. The second-order valence-corrected chi connectivity index (χ2v) is 7.10. The van der Waals surface area contributed by atoms with Crippen molar-refractivity contribution in [3.05, 3.63) is 77.0 Å². The second kappa shape index (κ2) is 11.6. The molecule has 0 aliphatic carbocycles. The minimum Gasteiger partial charge on any atom is -0.497 e. The van der Waals surface area contributed by atoms with Gasteiger partial charge in [-0.25, -0.2) is 14.4 Å². The van der Waals surface area contributed by atoms with E-state index in [2.05, 4.69) is 10.6 Å². The average molecular weight is 466 g/mol. The molecule has 1 unspecified atom stereocenters. The number of esters is 2. The van der Waals surface area contributed by atoms with Gasteiger partial charge in [-0.05, 0) is 36.8 Å². The molecule has 1 aliphatic heterocycles. The van der Waals surface area contributed by atoms with Crippen molar-refractivity contribution >= 4 is 24.0 Å². The zero-order chi connectivity index (χ0) is 24.5. The standard InChI is InChI=1S/C25H26N2O7/c1-4-33-24(29)22-19(15-34-21(28)14-11-16-7-5-6-8-20(16)32-3)26-25(30)27-23(22)17-9-12-18(31-2)13-10-17/h5-14,23H,4,15H2,1-3H3,(H2,26,27,30)/b14-11+. The maximum absolute atomic E-state index is 12.8. The number of ether oxygens (including phenoxy) is 4. The Morgan fingerprint density at radius 3 is 2.41 bits per heavy atom. The normalized spacial score (nSPS) is 15.4. The summed E-state index contributed by atoms with van der Waals surface area (Å²) in [6.45, 7) is 1.49. The molecule has 1 heterocycles. The van der Waals surface area contributed by atoms with E-state index in [1.165, 1.54) is 13.2 Å². The number of rotatable bonds is 9. The molecule has 1 aliphatic rings. The van der Waals surface area contributed by atoms with Gasteiger partial charge in [-0.3, -0.25) is 0 Å². The lowest BCUT2D eigenvalue weighted by Gasteiger charge is -2.29. The van der Waals surface area contributed by atoms with E-state index in [1.807, 2.05) is 12.1 Å². The molecule has 0 radical (unpaired) electrons. The highest BCUT2D eigenvalue weighted by atomic mass is 16.5. The maximum atomic E-state index is 12.8. The highest BCUT2D eigenvalue weighted by Crippen LogP contribution is 2.29. The molecule has 0 saturated carbocycles. The average Bonchev–Trinajstić information content (AvgIpc) is 2.86. The molecule has 2 N–H and O–H groups in total. The van der Waals surface area contributed by atoms with Crippen molar-refractivity contribution in [3.8, 4) is 11.5 Å². The summed E-state index contributed by atoms with van der Waals surface area (Å²) < 4.78 is 20.9. The van der Waals surface area contributed by atoms with E-state index in [0.717, 1.165) is 0 Å². The molecule has 2 aromatic rings. The summed E-state index contributed by atoms with van der Waals surface area (Å²) in [5.74, 6) is -0.0599. The van der Waals surface area contributed by atoms with Crippen LogP contribution in [0.4, 0.5) is 4.79 Å². The lowest BCUT2D eigenvalue weighted by atomic mass is 9.95. The monoisotopic (exact) mass is 466 g/mol. The minimum absolute atomic E-state index is 0.139. The molecule has 2 amide bonds. The van der Waals surface area contributed by atoms with Gasteiger partial charge in [0.2, 0.25) is 0 Å². The first-order valence-corrected chi connectivity index (χ1v) is 10.6. The van der Waals surface area contributed by atoms with Gasteiger partial charge in [-0.2, -0.15) is 0 Å². The smallest absolute Gasteiger partial charge is 0.338 e. The third kappa shape index (κ3) is 5.94. The molecule has 0 bridgehead atoms. The Kier molecular flexibility index (Phi) is 8.28. The Balaban J connectivity index is 1.84. The number of nitrogens with one attached hydrogen (secondary N) is 2. The summed E-state index contributed by atoms with van der Waals surface area (Å²) in [7, 11) is 3.08. The molecule has 1 atom stereocenters.